The predicted octanol–water partition coefficient (Wildman–Crippen LogP) is 2.72. The lowest BCUT2D eigenvalue weighted by molar-refractivity contribution is 0.0981. The summed E-state index contributed by atoms with van der Waals surface area (Å²) < 4.78 is 24.1. The lowest BCUT2D eigenvalue weighted by Crippen LogP contribution is -2.35. The van der Waals surface area contributed by atoms with Gasteiger partial charge in [-0.15, -0.1) is 0 Å². The zero-order valence-corrected chi connectivity index (χ0v) is 12.4. The van der Waals surface area contributed by atoms with Crippen LogP contribution in [0.3, 0.4) is 0 Å². The number of sulfone groups is 1. The predicted molar refractivity (Wildman–Crippen MR) is 78.8 cm³/mol. The van der Waals surface area contributed by atoms with Crippen molar-refractivity contribution in [1.29, 1.82) is 0 Å². The molecule has 1 aliphatic heterocycles. The fraction of sp³-hybridized carbons (Fsp3) is 0.562. The first kappa shape index (κ1) is 13.8. The van der Waals surface area contributed by atoms with Gasteiger partial charge in [-0.2, -0.15) is 0 Å². The maximum absolute atomic E-state index is 12.5. The molecule has 0 amide bonds. The number of carbonyl (C=O) groups is 1. The molecule has 1 heterocycles. The van der Waals surface area contributed by atoms with Crippen LogP contribution in [0.2, 0.25) is 0 Å². The highest BCUT2D eigenvalue weighted by Crippen LogP contribution is 2.26. The van der Waals surface area contributed by atoms with Crippen LogP contribution in [0, 0.1) is 0 Å². The molecule has 1 aromatic carbocycles. The molecule has 0 spiro atoms. The normalized spacial score (nSPS) is 24.9. The van der Waals surface area contributed by atoms with Gasteiger partial charge in [-0.25, -0.2) is 8.42 Å². The van der Waals surface area contributed by atoms with Crippen molar-refractivity contribution in [2.45, 2.75) is 50.2 Å². The van der Waals surface area contributed by atoms with Gasteiger partial charge in [0.15, 0.2) is 15.6 Å². The number of rotatable bonds is 2. The van der Waals surface area contributed by atoms with Crippen LogP contribution in [0.1, 0.15) is 53.6 Å². The average molecular weight is 292 g/mol. The molecule has 108 valence electrons. The van der Waals surface area contributed by atoms with E-state index in [4.69, 9.17) is 0 Å². The number of aryl methyl sites for hydroxylation is 2. The third kappa shape index (κ3) is 2.53. The van der Waals surface area contributed by atoms with Crippen LogP contribution in [0.4, 0.5) is 0 Å². The van der Waals surface area contributed by atoms with Crippen LogP contribution in [0.25, 0.3) is 0 Å². The average Bonchev–Trinajstić information content (AvgIpc) is 2.45. The SMILES string of the molecule is O=C(c1ccc2c(c1)CCCC2)C1CCCCS1(=O)=O. The van der Waals surface area contributed by atoms with E-state index in [2.05, 4.69) is 0 Å². The van der Waals surface area contributed by atoms with E-state index in [1.54, 1.807) is 0 Å². The minimum Gasteiger partial charge on any atom is -0.293 e. The summed E-state index contributed by atoms with van der Waals surface area (Å²) in [7, 11) is -3.24. The summed E-state index contributed by atoms with van der Waals surface area (Å²) in [6.45, 7) is 0. The smallest absolute Gasteiger partial charge is 0.180 e. The molecule has 1 aromatic rings. The molecule has 3 rings (SSSR count). The van der Waals surface area contributed by atoms with Crippen LogP contribution in [-0.4, -0.2) is 25.2 Å². The first-order valence-corrected chi connectivity index (χ1v) is 9.17. The van der Waals surface area contributed by atoms with Gasteiger partial charge >= 0.3 is 0 Å². The number of Topliss-reactive ketones (excluding diaryl/α,β-unsaturated/α-hetero) is 1. The van der Waals surface area contributed by atoms with Gasteiger partial charge in [-0.1, -0.05) is 18.6 Å². The zero-order valence-electron chi connectivity index (χ0n) is 11.6. The minimum atomic E-state index is -3.24. The van der Waals surface area contributed by atoms with E-state index >= 15 is 0 Å². The second kappa shape index (κ2) is 5.32. The van der Waals surface area contributed by atoms with Gasteiger partial charge in [0.05, 0.1) is 5.75 Å². The molecule has 0 radical (unpaired) electrons. The van der Waals surface area contributed by atoms with E-state index in [1.807, 2.05) is 18.2 Å². The molecule has 20 heavy (non-hydrogen) atoms. The van der Waals surface area contributed by atoms with Crippen molar-refractivity contribution in [3.05, 3.63) is 34.9 Å². The van der Waals surface area contributed by atoms with Gasteiger partial charge in [0.1, 0.15) is 5.25 Å². The Labute approximate surface area is 120 Å². The molecule has 0 aromatic heterocycles. The Kier molecular flexibility index (Phi) is 3.67. The van der Waals surface area contributed by atoms with E-state index in [-0.39, 0.29) is 11.5 Å². The maximum atomic E-state index is 12.5. The lowest BCUT2D eigenvalue weighted by Gasteiger charge is -2.22. The number of hydrogen-bond donors (Lipinski definition) is 0. The number of fused-ring (bicyclic) bond motifs is 1. The summed E-state index contributed by atoms with van der Waals surface area (Å²) in [5, 5.41) is -0.808. The van der Waals surface area contributed by atoms with Crippen LogP contribution < -0.4 is 0 Å². The molecule has 1 saturated heterocycles. The molecular weight excluding hydrogens is 272 g/mol. The highest BCUT2D eigenvalue weighted by molar-refractivity contribution is 7.92. The van der Waals surface area contributed by atoms with Gasteiger partial charge in [-0.05, 0) is 55.7 Å². The Morgan fingerprint density at radius 2 is 1.75 bits per heavy atom. The maximum Gasteiger partial charge on any atom is 0.180 e. The summed E-state index contributed by atoms with van der Waals surface area (Å²) in [6.07, 6.45) is 6.46. The monoisotopic (exact) mass is 292 g/mol. The highest BCUT2D eigenvalue weighted by Gasteiger charge is 2.35. The fourth-order valence-corrected chi connectivity index (χ4v) is 5.20. The molecule has 1 atom stereocenters. The van der Waals surface area contributed by atoms with Crippen molar-refractivity contribution >= 4 is 15.6 Å². The topological polar surface area (TPSA) is 51.2 Å². The number of carbonyl (C=O) groups excluding carboxylic acids is 1. The first-order valence-electron chi connectivity index (χ1n) is 7.45. The molecule has 2 aliphatic rings. The van der Waals surface area contributed by atoms with E-state index in [0.29, 0.717) is 18.4 Å². The van der Waals surface area contributed by atoms with Gasteiger partial charge in [0.25, 0.3) is 0 Å². The lowest BCUT2D eigenvalue weighted by atomic mass is 9.89. The van der Waals surface area contributed by atoms with E-state index in [0.717, 1.165) is 25.7 Å². The molecule has 3 nitrogen and oxygen atoms in total. The minimum absolute atomic E-state index is 0.161. The quantitative estimate of drug-likeness (QED) is 0.788. The first-order chi connectivity index (χ1) is 9.58. The summed E-state index contributed by atoms with van der Waals surface area (Å²) in [5.74, 6) is -0.0352. The molecule has 0 saturated carbocycles. The fourth-order valence-electron chi connectivity index (χ4n) is 3.32. The van der Waals surface area contributed by atoms with Crippen molar-refractivity contribution in [2.24, 2.45) is 0 Å². The van der Waals surface area contributed by atoms with Crippen molar-refractivity contribution in [3.63, 3.8) is 0 Å². The van der Waals surface area contributed by atoms with Gasteiger partial charge in [0, 0.05) is 5.56 Å². The third-order valence-corrected chi connectivity index (χ3v) is 6.68. The van der Waals surface area contributed by atoms with Crippen LogP contribution in [0.15, 0.2) is 18.2 Å². The standard InChI is InChI=1S/C16H20O3S/c17-16(15-7-3-4-10-20(15,18)19)14-9-8-12-5-1-2-6-13(12)11-14/h8-9,11,15H,1-7,10H2. The summed E-state index contributed by atoms with van der Waals surface area (Å²) >= 11 is 0. The van der Waals surface area contributed by atoms with Gasteiger partial charge < -0.3 is 0 Å². The number of ketones is 1. The Balaban J connectivity index is 1.90. The largest absolute Gasteiger partial charge is 0.293 e. The second-order valence-electron chi connectivity index (χ2n) is 5.91. The Hall–Kier alpha value is -1.16. The molecule has 1 unspecified atom stereocenters. The van der Waals surface area contributed by atoms with Crippen molar-refractivity contribution < 1.29 is 13.2 Å². The Morgan fingerprint density at radius 3 is 2.50 bits per heavy atom. The zero-order chi connectivity index (χ0) is 14.2. The van der Waals surface area contributed by atoms with Gasteiger partial charge in [0.2, 0.25) is 0 Å². The van der Waals surface area contributed by atoms with Crippen molar-refractivity contribution in [1.82, 2.24) is 0 Å². The summed E-state index contributed by atoms with van der Waals surface area (Å²) in [5.41, 5.74) is 3.13. The highest BCUT2D eigenvalue weighted by atomic mass is 32.2. The molecule has 1 aliphatic carbocycles. The van der Waals surface area contributed by atoms with Crippen LogP contribution in [0.5, 0.6) is 0 Å². The Bertz CT molecular complexity index is 631. The molecule has 0 bridgehead atoms. The molecular formula is C16H20O3S. The van der Waals surface area contributed by atoms with E-state index < -0.39 is 15.1 Å². The summed E-state index contributed by atoms with van der Waals surface area (Å²) in [6, 6.07) is 5.76. The van der Waals surface area contributed by atoms with Crippen LogP contribution >= 0.6 is 0 Å². The third-order valence-electron chi connectivity index (χ3n) is 4.50. The van der Waals surface area contributed by atoms with E-state index in [1.165, 1.54) is 17.5 Å². The van der Waals surface area contributed by atoms with Gasteiger partial charge in [-0.3, -0.25) is 4.79 Å². The van der Waals surface area contributed by atoms with Crippen molar-refractivity contribution in [3.8, 4) is 0 Å². The molecule has 1 fully saturated rings. The van der Waals surface area contributed by atoms with Crippen LogP contribution in [-0.2, 0) is 22.7 Å². The molecule has 0 N–H and O–H groups in total. The second-order valence-corrected chi connectivity index (χ2v) is 8.21. The number of benzene rings is 1. The Morgan fingerprint density at radius 1 is 1.00 bits per heavy atom. The number of hydrogen-bond acceptors (Lipinski definition) is 3. The summed E-state index contributed by atoms with van der Waals surface area (Å²) in [4.78, 5) is 12.5. The van der Waals surface area contributed by atoms with E-state index in [9.17, 15) is 13.2 Å². The molecule has 4 heteroatoms. The van der Waals surface area contributed by atoms with Crippen molar-refractivity contribution in [2.75, 3.05) is 5.75 Å².